The molecule has 1 heterocycles. The molecule has 0 unspecified atom stereocenters. The summed E-state index contributed by atoms with van der Waals surface area (Å²) in [7, 11) is 0. The number of rotatable bonds is 2. The molecule has 1 aromatic heterocycles. The van der Waals surface area contributed by atoms with E-state index < -0.39 is 0 Å². The van der Waals surface area contributed by atoms with Crippen molar-refractivity contribution in [3.8, 4) is 5.95 Å². The average molecular weight is 241 g/mol. The Kier molecular flexibility index (Phi) is 2.53. The van der Waals surface area contributed by atoms with Gasteiger partial charge in [0.15, 0.2) is 0 Å². The molecule has 2 aromatic carbocycles. The van der Waals surface area contributed by atoms with Gasteiger partial charge in [0.1, 0.15) is 0 Å². The van der Waals surface area contributed by atoms with Gasteiger partial charge in [-0.2, -0.15) is 0 Å². The van der Waals surface area contributed by atoms with Crippen molar-refractivity contribution in [1.82, 2.24) is 0 Å². The van der Waals surface area contributed by atoms with Crippen molar-refractivity contribution >= 4 is 22.5 Å². The summed E-state index contributed by atoms with van der Waals surface area (Å²) in [6.07, 6.45) is 0. The summed E-state index contributed by atoms with van der Waals surface area (Å²) in [6, 6.07) is 17.3. The SMILES string of the molecule is [O-]c1oc(Sc2ccccc2)c2ccccc12. The third-order valence-corrected chi connectivity index (χ3v) is 3.50. The summed E-state index contributed by atoms with van der Waals surface area (Å²) in [4.78, 5) is 1.06. The molecule has 3 rings (SSSR count). The minimum Gasteiger partial charge on any atom is -0.572 e. The second-order valence-corrected chi connectivity index (χ2v) is 4.68. The molecule has 3 heteroatoms. The molecule has 0 spiro atoms. The zero-order chi connectivity index (χ0) is 11.7. The van der Waals surface area contributed by atoms with Crippen molar-refractivity contribution in [1.29, 1.82) is 0 Å². The highest BCUT2D eigenvalue weighted by Crippen LogP contribution is 2.38. The van der Waals surface area contributed by atoms with Crippen molar-refractivity contribution in [2.24, 2.45) is 0 Å². The molecule has 0 radical (unpaired) electrons. The number of hydrogen-bond acceptors (Lipinski definition) is 3. The average Bonchev–Trinajstić information content (AvgIpc) is 2.69. The van der Waals surface area contributed by atoms with Crippen LogP contribution in [0.3, 0.4) is 0 Å². The maximum Gasteiger partial charge on any atom is 0.0644 e. The normalized spacial score (nSPS) is 10.8. The molecule has 17 heavy (non-hydrogen) atoms. The van der Waals surface area contributed by atoms with Crippen LogP contribution in [0.2, 0.25) is 0 Å². The second kappa shape index (κ2) is 4.18. The third-order valence-electron chi connectivity index (χ3n) is 2.51. The summed E-state index contributed by atoms with van der Waals surface area (Å²) in [6.45, 7) is 0. The van der Waals surface area contributed by atoms with Crippen molar-refractivity contribution < 1.29 is 9.52 Å². The van der Waals surface area contributed by atoms with Crippen LogP contribution in [0.1, 0.15) is 0 Å². The zero-order valence-corrected chi connectivity index (χ0v) is 9.74. The molecule has 0 fully saturated rings. The van der Waals surface area contributed by atoms with Crippen molar-refractivity contribution in [3.63, 3.8) is 0 Å². The van der Waals surface area contributed by atoms with Gasteiger partial charge in [0.05, 0.1) is 11.0 Å². The predicted octanol–water partition coefficient (Wildman–Crippen LogP) is 3.66. The van der Waals surface area contributed by atoms with E-state index in [1.807, 2.05) is 48.5 Å². The largest absolute Gasteiger partial charge is 0.572 e. The zero-order valence-electron chi connectivity index (χ0n) is 8.92. The lowest BCUT2D eigenvalue weighted by molar-refractivity contribution is -0.293. The van der Waals surface area contributed by atoms with Gasteiger partial charge in [-0.1, -0.05) is 54.2 Å². The van der Waals surface area contributed by atoms with E-state index in [0.717, 1.165) is 10.3 Å². The Labute approximate surface area is 103 Å². The molecule has 84 valence electrons. The molecule has 0 aliphatic heterocycles. The second-order valence-electron chi connectivity index (χ2n) is 3.64. The Bertz CT molecular complexity index is 644. The molecule has 3 aromatic rings. The maximum atomic E-state index is 11.6. The molecule has 2 nitrogen and oxygen atoms in total. The van der Waals surface area contributed by atoms with Crippen LogP contribution in [0.4, 0.5) is 0 Å². The van der Waals surface area contributed by atoms with E-state index in [1.54, 1.807) is 6.07 Å². The lowest BCUT2D eigenvalue weighted by Gasteiger charge is -2.02. The van der Waals surface area contributed by atoms with Gasteiger partial charge in [0, 0.05) is 15.7 Å². The van der Waals surface area contributed by atoms with Gasteiger partial charge in [0.2, 0.25) is 0 Å². The van der Waals surface area contributed by atoms with E-state index >= 15 is 0 Å². The van der Waals surface area contributed by atoms with Crippen LogP contribution in [-0.2, 0) is 0 Å². The fraction of sp³-hybridized carbons (Fsp3) is 0. The van der Waals surface area contributed by atoms with E-state index in [0.29, 0.717) is 10.5 Å². The molecule has 0 saturated heterocycles. The lowest BCUT2D eigenvalue weighted by atomic mass is 10.2. The van der Waals surface area contributed by atoms with E-state index in [-0.39, 0.29) is 5.95 Å². The van der Waals surface area contributed by atoms with Crippen LogP contribution in [0.15, 0.2) is 69.0 Å². The summed E-state index contributed by atoms with van der Waals surface area (Å²) in [5, 5.41) is 13.8. The molecule has 0 amide bonds. The van der Waals surface area contributed by atoms with Gasteiger partial charge >= 0.3 is 0 Å². The van der Waals surface area contributed by atoms with Gasteiger partial charge in [-0.15, -0.1) is 0 Å². The summed E-state index contributed by atoms with van der Waals surface area (Å²) in [5.41, 5.74) is 0. The van der Waals surface area contributed by atoms with E-state index in [9.17, 15) is 5.11 Å². The first-order valence-corrected chi connectivity index (χ1v) is 6.08. The smallest absolute Gasteiger partial charge is 0.0644 e. The van der Waals surface area contributed by atoms with Crippen LogP contribution in [0, 0.1) is 0 Å². The highest BCUT2D eigenvalue weighted by atomic mass is 32.2. The Morgan fingerprint density at radius 1 is 0.824 bits per heavy atom. The minimum atomic E-state index is -0.265. The highest BCUT2D eigenvalue weighted by Gasteiger charge is 2.04. The first-order valence-electron chi connectivity index (χ1n) is 5.26. The Hall–Kier alpha value is -1.87. The first-order chi connectivity index (χ1) is 8.34. The van der Waals surface area contributed by atoms with Crippen LogP contribution >= 0.6 is 11.8 Å². The van der Waals surface area contributed by atoms with Crippen molar-refractivity contribution in [3.05, 3.63) is 54.6 Å². The molecular formula is C14H9O2S-. The number of furan rings is 1. The van der Waals surface area contributed by atoms with Crippen LogP contribution in [0.5, 0.6) is 5.95 Å². The van der Waals surface area contributed by atoms with Crippen molar-refractivity contribution in [2.75, 3.05) is 0 Å². The molecule has 0 saturated carbocycles. The van der Waals surface area contributed by atoms with Crippen molar-refractivity contribution in [2.45, 2.75) is 9.99 Å². The van der Waals surface area contributed by atoms with Crippen LogP contribution < -0.4 is 5.11 Å². The van der Waals surface area contributed by atoms with Crippen LogP contribution in [-0.4, -0.2) is 0 Å². The molecule has 0 N–H and O–H groups in total. The quantitative estimate of drug-likeness (QED) is 0.687. The third kappa shape index (κ3) is 1.89. The predicted molar refractivity (Wildman–Crippen MR) is 66.2 cm³/mol. The Morgan fingerprint density at radius 3 is 2.24 bits per heavy atom. The van der Waals surface area contributed by atoms with Gasteiger partial charge in [-0.05, 0) is 12.1 Å². The summed E-state index contributed by atoms with van der Waals surface area (Å²) in [5.74, 6) is -0.265. The summed E-state index contributed by atoms with van der Waals surface area (Å²) >= 11 is 1.47. The topological polar surface area (TPSA) is 36.2 Å². The number of fused-ring (bicyclic) bond motifs is 1. The Balaban J connectivity index is 2.07. The summed E-state index contributed by atoms with van der Waals surface area (Å²) < 4.78 is 5.28. The minimum absolute atomic E-state index is 0.265. The van der Waals surface area contributed by atoms with Gasteiger partial charge in [0.25, 0.3) is 0 Å². The maximum absolute atomic E-state index is 11.6. The lowest BCUT2D eigenvalue weighted by Crippen LogP contribution is -1.84. The standard InChI is InChI=1S/C14H10O2S/c15-13-11-8-4-5-9-12(11)14(16-13)17-10-6-2-1-3-7-10/h1-9,15H/p-1. The van der Waals surface area contributed by atoms with E-state index in [1.165, 1.54) is 11.8 Å². The van der Waals surface area contributed by atoms with Gasteiger partial charge in [-0.25, -0.2) is 0 Å². The molecule has 0 aliphatic carbocycles. The molecule has 0 atom stereocenters. The Morgan fingerprint density at radius 2 is 1.47 bits per heavy atom. The first kappa shape index (κ1) is 10.3. The van der Waals surface area contributed by atoms with Gasteiger partial charge in [-0.3, -0.25) is 0 Å². The van der Waals surface area contributed by atoms with Crippen LogP contribution in [0.25, 0.3) is 10.8 Å². The highest BCUT2D eigenvalue weighted by molar-refractivity contribution is 7.99. The molecular weight excluding hydrogens is 232 g/mol. The van der Waals surface area contributed by atoms with E-state index in [4.69, 9.17) is 4.42 Å². The molecule has 0 aliphatic rings. The fourth-order valence-corrected chi connectivity index (χ4v) is 2.62. The molecule has 0 bridgehead atoms. The van der Waals surface area contributed by atoms with E-state index in [2.05, 4.69) is 0 Å². The number of benzene rings is 2. The number of hydrogen-bond donors (Lipinski definition) is 0. The fourth-order valence-electron chi connectivity index (χ4n) is 1.70. The van der Waals surface area contributed by atoms with Gasteiger partial charge < -0.3 is 9.52 Å². The monoisotopic (exact) mass is 241 g/mol.